The Bertz CT molecular complexity index is 883. The van der Waals surface area contributed by atoms with Gasteiger partial charge in [0.1, 0.15) is 5.76 Å². The normalized spacial score (nSPS) is 39.6. The molecule has 1 aromatic rings. The van der Waals surface area contributed by atoms with Gasteiger partial charge in [0.2, 0.25) is 0 Å². The van der Waals surface area contributed by atoms with Crippen molar-refractivity contribution in [2.45, 2.75) is 63.5 Å². The third kappa shape index (κ3) is 2.56. The van der Waals surface area contributed by atoms with E-state index in [0.717, 1.165) is 44.1 Å². The Morgan fingerprint density at radius 2 is 1.93 bits per heavy atom. The molecule has 0 bridgehead atoms. The van der Waals surface area contributed by atoms with Crippen LogP contribution >= 0.6 is 0 Å². The van der Waals surface area contributed by atoms with Crippen LogP contribution in [0.15, 0.2) is 65.0 Å². The Labute approximate surface area is 167 Å². The molecule has 4 aliphatic carbocycles. The van der Waals surface area contributed by atoms with Crippen LogP contribution in [-0.4, -0.2) is 21.9 Å². The molecule has 0 aromatic heterocycles. The van der Waals surface area contributed by atoms with E-state index in [4.69, 9.17) is 5.73 Å². The van der Waals surface area contributed by atoms with E-state index in [1.165, 1.54) is 16.7 Å². The molecule has 0 saturated heterocycles. The highest BCUT2D eigenvalue weighted by Crippen LogP contribution is 2.62. The summed E-state index contributed by atoms with van der Waals surface area (Å²) in [6, 6.07) is 10.8. The van der Waals surface area contributed by atoms with Crippen LogP contribution in [0.3, 0.4) is 0 Å². The van der Waals surface area contributed by atoms with Crippen molar-refractivity contribution in [2.24, 2.45) is 23.0 Å². The summed E-state index contributed by atoms with van der Waals surface area (Å²) in [7, 11) is 0. The molecule has 28 heavy (non-hydrogen) atoms. The van der Waals surface area contributed by atoms with Crippen molar-refractivity contribution in [3.63, 3.8) is 0 Å². The van der Waals surface area contributed by atoms with Gasteiger partial charge in [-0.3, -0.25) is 0 Å². The summed E-state index contributed by atoms with van der Waals surface area (Å²) in [5.41, 5.74) is 12.0. The van der Waals surface area contributed by atoms with E-state index in [1.807, 2.05) is 6.08 Å². The number of allylic oxidation sites excluding steroid dienone is 4. The number of hydrogen-bond acceptors (Lipinski definition) is 3. The highest BCUT2D eigenvalue weighted by molar-refractivity contribution is 5.44. The van der Waals surface area contributed by atoms with Crippen molar-refractivity contribution >= 4 is 0 Å². The maximum atomic E-state index is 10.4. The molecule has 1 aromatic carbocycles. The fourth-order valence-electron chi connectivity index (χ4n) is 6.85. The Kier molecular flexibility index (Phi) is 4.12. The molecule has 5 rings (SSSR count). The number of benzene rings is 1. The van der Waals surface area contributed by atoms with E-state index < -0.39 is 0 Å². The Morgan fingerprint density at radius 3 is 2.71 bits per heavy atom. The molecule has 4 aliphatic rings. The van der Waals surface area contributed by atoms with Crippen molar-refractivity contribution in [3.8, 4) is 0 Å². The fourth-order valence-corrected chi connectivity index (χ4v) is 6.85. The molecule has 0 amide bonds. The molecule has 0 radical (unpaired) electrons. The van der Waals surface area contributed by atoms with Crippen molar-refractivity contribution in [3.05, 3.63) is 70.5 Å². The van der Waals surface area contributed by atoms with Crippen LogP contribution in [0, 0.1) is 17.3 Å². The molecule has 3 nitrogen and oxygen atoms in total. The average Bonchev–Trinajstić information content (AvgIpc) is 2.99. The second-order valence-electron chi connectivity index (χ2n) is 9.59. The number of nitrogens with two attached hydrogens (primary N) is 1. The van der Waals surface area contributed by atoms with Gasteiger partial charge in [-0.1, -0.05) is 42.0 Å². The van der Waals surface area contributed by atoms with Gasteiger partial charge < -0.3 is 15.9 Å². The topological polar surface area (TPSA) is 66.5 Å². The van der Waals surface area contributed by atoms with Crippen LogP contribution < -0.4 is 5.73 Å². The van der Waals surface area contributed by atoms with Crippen molar-refractivity contribution in [1.29, 1.82) is 0 Å². The zero-order chi connectivity index (χ0) is 19.5. The van der Waals surface area contributed by atoms with E-state index in [1.54, 1.807) is 0 Å². The molecular formula is C25H31NO2. The zero-order valence-corrected chi connectivity index (χ0v) is 16.7. The minimum atomic E-state index is -0.312. The van der Waals surface area contributed by atoms with Gasteiger partial charge in [0, 0.05) is 11.0 Å². The molecule has 2 unspecified atom stereocenters. The smallest absolute Gasteiger partial charge is 0.114 e. The minimum Gasteiger partial charge on any atom is -0.508 e. The highest BCUT2D eigenvalue weighted by atomic mass is 16.3. The molecule has 0 heterocycles. The largest absolute Gasteiger partial charge is 0.508 e. The maximum absolute atomic E-state index is 10.4. The fraction of sp³-hybridized carbons (Fsp3) is 0.520. The van der Waals surface area contributed by atoms with Crippen molar-refractivity contribution in [1.82, 2.24) is 0 Å². The lowest BCUT2D eigenvalue weighted by Crippen LogP contribution is -2.52. The van der Waals surface area contributed by atoms with Crippen LogP contribution in [0.1, 0.15) is 51.0 Å². The van der Waals surface area contributed by atoms with Gasteiger partial charge in [0.25, 0.3) is 0 Å². The number of aliphatic hydroxyl groups is 2. The molecule has 5 atom stereocenters. The van der Waals surface area contributed by atoms with Crippen LogP contribution in [0.25, 0.3) is 0 Å². The summed E-state index contributed by atoms with van der Waals surface area (Å²) < 4.78 is 0. The summed E-state index contributed by atoms with van der Waals surface area (Å²) in [5, 5.41) is 20.8. The van der Waals surface area contributed by atoms with Crippen molar-refractivity contribution in [2.75, 3.05) is 0 Å². The predicted molar refractivity (Wildman–Crippen MR) is 112 cm³/mol. The molecule has 4 N–H and O–H groups in total. The molecule has 0 spiro atoms. The van der Waals surface area contributed by atoms with E-state index >= 15 is 0 Å². The van der Waals surface area contributed by atoms with E-state index in [2.05, 4.69) is 43.3 Å². The SMILES string of the molecule is CC1=C(O)C=CC2C1CCC1=C3C[C@H](O)C[C@]3(N)CC[C@]12Cc1ccccc1. The minimum absolute atomic E-state index is 0.0466. The lowest BCUT2D eigenvalue weighted by atomic mass is 9.49. The van der Waals surface area contributed by atoms with Crippen LogP contribution in [0.5, 0.6) is 0 Å². The second kappa shape index (κ2) is 6.33. The van der Waals surface area contributed by atoms with Gasteiger partial charge in [0.15, 0.2) is 0 Å². The first-order chi connectivity index (χ1) is 13.4. The summed E-state index contributed by atoms with van der Waals surface area (Å²) >= 11 is 0. The highest BCUT2D eigenvalue weighted by Gasteiger charge is 2.56. The standard InChI is InChI=1S/C25H31NO2/c1-16-19-7-8-21-22-13-18(27)15-25(22,26)12-11-24(21,20(19)9-10-23(16)28)14-17-5-3-2-4-6-17/h2-6,9-10,18-20,27-28H,7-8,11-15,26H2,1H3/t18-,19?,20?,24+,25+/m0/s1. The Balaban J connectivity index is 1.66. The van der Waals surface area contributed by atoms with Gasteiger partial charge in [-0.2, -0.15) is 0 Å². The molecule has 0 aliphatic heterocycles. The zero-order valence-electron chi connectivity index (χ0n) is 16.7. The molecular weight excluding hydrogens is 346 g/mol. The molecule has 3 heteroatoms. The van der Waals surface area contributed by atoms with Crippen LogP contribution in [-0.2, 0) is 6.42 Å². The third-order valence-electron chi connectivity index (χ3n) is 8.18. The van der Waals surface area contributed by atoms with Crippen LogP contribution in [0.4, 0.5) is 0 Å². The van der Waals surface area contributed by atoms with Gasteiger partial charge in [-0.05, 0) is 86.5 Å². The third-order valence-corrected chi connectivity index (χ3v) is 8.18. The van der Waals surface area contributed by atoms with Gasteiger partial charge >= 0.3 is 0 Å². The molecule has 2 fully saturated rings. The van der Waals surface area contributed by atoms with E-state index in [-0.39, 0.29) is 17.1 Å². The summed E-state index contributed by atoms with van der Waals surface area (Å²) in [6.45, 7) is 2.10. The summed E-state index contributed by atoms with van der Waals surface area (Å²) in [4.78, 5) is 0. The Morgan fingerprint density at radius 1 is 1.14 bits per heavy atom. The summed E-state index contributed by atoms with van der Waals surface area (Å²) in [5.74, 6) is 1.24. The van der Waals surface area contributed by atoms with Gasteiger partial charge in [0.05, 0.1) is 6.10 Å². The number of fused-ring (bicyclic) bond motifs is 4. The first-order valence-corrected chi connectivity index (χ1v) is 10.7. The van der Waals surface area contributed by atoms with Gasteiger partial charge in [-0.25, -0.2) is 0 Å². The van der Waals surface area contributed by atoms with E-state index in [9.17, 15) is 10.2 Å². The summed E-state index contributed by atoms with van der Waals surface area (Å²) in [6.07, 6.45) is 10.4. The monoisotopic (exact) mass is 377 g/mol. The quantitative estimate of drug-likeness (QED) is 0.661. The maximum Gasteiger partial charge on any atom is 0.114 e. The van der Waals surface area contributed by atoms with Gasteiger partial charge in [-0.15, -0.1) is 0 Å². The first kappa shape index (κ1) is 18.2. The lowest BCUT2D eigenvalue weighted by Gasteiger charge is -2.55. The molecule has 148 valence electrons. The number of aliphatic hydroxyl groups excluding tert-OH is 2. The Hall–Kier alpha value is -1.84. The van der Waals surface area contributed by atoms with Crippen LogP contribution in [0.2, 0.25) is 0 Å². The lowest BCUT2D eigenvalue weighted by molar-refractivity contribution is 0.106. The number of hydrogen-bond donors (Lipinski definition) is 3. The second-order valence-corrected chi connectivity index (χ2v) is 9.59. The first-order valence-electron chi connectivity index (χ1n) is 10.7. The number of rotatable bonds is 2. The average molecular weight is 378 g/mol. The van der Waals surface area contributed by atoms with E-state index in [0.29, 0.717) is 24.0 Å². The van der Waals surface area contributed by atoms with Crippen molar-refractivity contribution < 1.29 is 10.2 Å². The molecule has 2 saturated carbocycles. The predicted octanol–water partition coefficient (Wildman–Crippen LogP) is 4.59.